The fourth-order valence-electron chi connectivity index (χ4n) is 3.01. The Morgan fingerprint density at radius 1 is 1.16 bits per heavy atom. The third kappa shape index (κ3) is 4.89. The van der Waals surface area contributed by atoms with Crippen molar-refractivity contribution in [2.75, 3.05) is 32.1 Å². The standard InChI is InChI=1S/C22H22FN3O5/c1-3-30-10-9-26(2)22(29)14-6-4-5-13(11-14)21(28)25-18-16-12-15(23)7-8-17(16)31-19(18)20(24)27/h4-8,11-12H,3,9-10H2,1-2H3,(H2,24,27)(H,25,28). The number of nitrogens with zero attached hydrogens (tertiary/aromatic N) is 1. The maximum absolute atomic E-state index is 13.7. The molecule has 3 aromatic rings. The van der Waals surface area contributed by atoms with Gasteiger partial charge in [-0.25, -0.2) is 4.39 Å². The minimum atomic E-state index is -0.910. The van der Waals surface area contributed by atoms with Gasteiger partial charge in [0.15, 0.2) is 0 Å². The van der Waals surface area contributed by atoms with Crippen molar-refractivity contribution in [2.45, 2.75) is 6.92 Å². The molecule has 0 saturated heterocycles. The molecule has 0 bridgehead atoms. The number of hydrogen-bond donors (Lipinski definition) is 2. The number of amides is 3. The van der Waals surface area contributed by atoms with Gasteiger partial charge in [0.25, 0.3) is 17.7 Å². The van der Waals surface area contributed by atoms with Crippen LogP contribution in [0.4, 0.5) is 10.1 Å². The van der Waals surface area contributed by atoms with Crippen LogP contribution in [-0.2, 0) is 4.74 Å². The number of likely N-dealkylation sites (N-methyl/N-ethyl adjacent to an activating group) is 1. The Labute approximate surface area is 177 Å². The first-order chi connectivity index (χ1) is 14.8. The molecule has 0 radical (unpaired) electrons. The summed E-state index contributed by atoms with van der Waals surface area (Å²) in [7, 11) is 1.64. The molecule has 0 spiro atoms. The quantitative estimate of drug-likeness (QED) is 0.536. The van der Waals surface area contributed by atoms with E-state index in [-0.39, 0.29) is 33.9 Å². The Hall–Kier alpha value is -3.72. The Kier molecular flexibility index (Phi) is 6.66. The third-order valence-corrected chi connectivity index (χ3v) is 4.61. The summed E-state index contributed by atoms with van der Waals surface area (Å²) in [6.07, 6.45) is 0. The molecular formula is C22H22FN3O5. The van der Waals surface area contributed by atoms with Gasteiger partial charge in [-0.1, -0.05) is 6.07 Å². The van der Waals surface area contributed by atoms with Crippen molar-refractivity contribution >= 4 is 34.4 Å². The zero-order chi connectivity index (χ0) is 22.5. The summed E-state index contributed by atoms with van der Waals surface area (Å²) in [5.74, 6) is -2.66. The largest absolute Gasteiger partial charge is 0.449 e. The van der Waals surface area contributed by atoms with Gasteiger partial charge in [-0.05, 0) is 43.3 Å². The zero-order valence-electron chi connectivity index (χ0n) is 17.1. The molecule has 162 valence electrons. The van der Waals surface area contributed by atoms with Crippen LogP contribution in [0.1, 0.15) is 38.2 Å². The Balaban J connectivity index is 1.86. The van der Waals surface area contributed by atoms with Crippen molar-refractivity contribution < 1.29 is 27.9 Å². The van der Waals surface area contributed by atoms with E-state index >= 15 is 0 Å². The van der Waals surface area contributed by atoms with Gasteiger partial charge in [0.2, 0.25) is 5.76 Å². The lowest BCUT2D eigenvalue weighted by molar-refractivity contribution is 0.0710. The predicted molar refractivity (Wildman–Crippen MR) is 113 cm³/mol. The summed E-state index contributed by atoms with van der Waals surface area (Å²) >= 11 is 0. The van der Waals surface area contributed by atoms with Crippen LogP contribution in [0.15, 0.2) is 46.9 Å². The first kappa shape index (κ1) is 22.0. The predicted octanol–water partition coefficient (Wildman–Crippen LogP) is 3.03. The Morgan fingerprint density at radius 2 is 1.90 bits per heavy atom. The molecule has 0 unspecified atom stereocenters. The van der Waals surface area contributed by atoms with E-state index in [4.69, 9.17) is 14.9 Å². The van der Waals surface area contributed by atoms with Crippen molar-refractivity contribution in [1.82, 2.24) is 4.90 Å². The second-order valence-electron chi connectivity index (χ2n) is 6.77. The van der Waals surface area contributed by atoms with Crippen LogP contribution in [-0.4, -0.2) is 49.4 Å². The smallest absolute Gasteiger partial charge is 0.286 e. The molecule has 9 heteroatoms. The number of fused-ring (bicyclic) bond motifs is 1. The topological polar surface area (TPSA) is 115 Å². The first-order valence-corrected chi connectivity index (χ1v) is 9.58. The van der Waals surface area contributed by atoms with Gasteiger partial charge in [-0.15, -0.1) is 0 Å². The van der Waals surface area contributed by atoms with Gasteiger partial charge < -0.3 is 25.1 Å². The number of benzene rings is 2. The lowest BCUT2D eigenvalue weighted by Crippen LogP contribution is -2.30. The highest BCUT2D eigenvalue weighted by Gasteiger charge is 2.22. The first-order valence-electron chi connectivity index (χ1n) is 9.58. The van der Waals surface area contributed by atoms with Crippen molar-refractivity contribution in [2.24, 2.45) is 5.73 Å². The molecule has 0 aliphatic heterocycles. The molecular weight excluding hydrogens is 405 g/mol. The highest BCUT2D eigenvalue weighted by molar-refractivity contribution is 6.14. The fourth-order valence-corrected chi connectivity index (χ4v) is 3.01. The molecule has 0 fully saturated rings. The zero-order valence-corrected chi connectivity index (χ0v) is 17.1. The molecule has 3 N–H and O–H groups in total. The van der Waals surface area contributed by atoms with Crippen molar-refractivity contribution in [3.63, 3.8) is 0 Å². The summed E-state index contributed by atoms with van der Waals surface area (Å²) < 4.78 is 24.3. The van der Waals surface area contributed by atoms with Gasteiger partial charge in [0.1, 0.15) is 17.1 Å². The second-order valence-corrected chi connectivity index (χ2v) is 6.77. The number of halogens is 1. The number of anilines is 1. The van der Waals surface area contributed by atoms with E-state index in [0.717, 1.165) is 6.07 Å². The van der Waals surface area contributed by atoms with Crippen LogP contribution in [0.2, 0.25) is 0 Å². The minimum absolute atomic E-state index is 0.0300. The van der Waals surface area contributed by atoms with Crippen molar-refractivity contribution in [1.29, 1.82) is 0 Å². The maximum atomic E-state index is 13.7. The van der Waals surface area contributed by atoms with Crippen LogP contribution >= 0.6 is 0 Å². The van der Waals surface area contributed by atoms with Crippen molar-refractivity contribution in [3.05, 3.63) is 65.2 Å². The SMILES string of the molecule is CCOCCN(C)C(=O)c1cccc(C(=O)Nc2c(C(N)=O)oc3ccc(F)cc23)c1. The monoisotopic (exact) mass is 427 g/mol. The highest BCUT2D eigenvalue weighted by atomic mass is 19.1. The fraction of sp³-hybridized carbons (Fsp3) is 0.227. The molecule has 1 aromatic heterocycles. The van der Waals surface area contributed by atoms with Gasteiger partial charge in [-0.3, -0.25) is 14.4 Å². The van der Waals surface area contributed by atoms with Gasteiger partial charge in [-0.2, -0.15) is 0 Å². The molecule has 0 aliphatic rings. The molecule has 3 rings (SSSR count). The number of carbonyl (C=O) groups is 3. The van der Waals surface area contributed by atoms with Crippen molar-refractivity contribution in [3.8, 4) is 0 Å². The number of rotatable bonds is 8. The van der Waals surface area contributed by atoms with E-state index in [1.807, 2.05) is 6.92 Å². The van der Waals surface area contributed by atoms with Gasteiger partial charge in [0.05, 0.1) is 6.61 Å². The lowest BCUT2D eigenvalue weighted by Gasteiger charge is -2.17. The Bertz CT molecular complexity index is 1140. The van der Waals surface area contributed by atoms with E-state index < -0.39 is 17.6 Å². The average Bonchev–Trinajstić information content (AvgIpc) is 3.11. The summed E-state index contributed by atoms with van der Waals surface area (Å²) in [4.78, 5) is 38.7. The van der Waals surface area contributed by atoms with Crippen LogP contribution in [0, 0.1) is 5.82 Å². The number of nitrogens with one attached hydrogen (secondary N) is 1. The molecule has 0 saturated carbocycles. The molecule has 1 heterocycles. The third-order valence-electron chi connectivity index (χ3n) is 4.61. The molecule has 3 amide bonds. The summed E-state index contributed by atoms with van der Waals surface area (Å²) in [5, 5.41) is 2.75. The molecule has 0 aliphatic carbocycles. The summed E-state index contributed by atoms with van der Waals surface area (Å²) in [5.41, 5.74) is 5.99. The van der Waals surface area contributed by atoms with Crippen LogP contribution < -0.4 is 11.1 Å². The number of furan rings is 1. The summed E-state index contributed by atoms with van der Waals surface area (Å²) in [6.45, 7) is 3.22. The van der Waals surface area contributed by atoms with Gasteiger partial charge in [0, 0.05) is 36.7 Å². The lowest BCUT2D eigenvalue weighted by atomic mass is 10.1. The minimum Gasteiger partial charge on any atom is -0.449 e. The number of nitrogens with two attached hydrogens (primary N) is 1. The summed E-state index contributed by atoms with van der Waals surface area (Å²) in [6, 6.07) is 9.74. The van der Waals surface area contributed by atoms with E-state index in [9.17, 15) is 18.8 Å². The number of ether oxygens (including phenoxy) is 1. The number of carbonyl (C=O) groups excluding carboxylic acids is 3. The number of hydrogen-bond acceptors (Lipinski definition) is 5. The van der Waals surface area contributed by atoms with Crippen LogP contribution in [0.25, 0.3) is 11.0 Å². The normalized spacial score (nSPS) is 10.8. The molecule has 2 aromatic carbocycles. The van der Waals surface area contributed by atoms with E-state index in [1.165, 1.54) is 29.2 Å². The second kappa shape index (κ2) is 9.40. The van der Waals surface area contributed by atoms with Crippen LogP contribution in [0.3, 0.4) is 0 Å². The van der Waals surface area contributed by atoms with E-state index in [2.05, 4.69) is 5.32 Å². The van der Waals surface area contributed by atoms with E-state index in [1.54, 1.807) is 19.2 Å². The van der Waals surface area contributed by atoms with Gasteiger partial charge >= 0.3 is 0 Å². The van der Waals surface area contributed by atoms with E-state index in [0.29, 0.717) is 25.3 Å². The Morgan fingerprint density at radius 3 is 2.61 bits per heavy atom. The molecule has 8 nitrogen and oxygen atoms in total. The number of primary amides is 1. The average molecular weight is 427 g/mol. The molecule has 31 heavy (non-hydrogen) atoms. The van der Waals surface area contributed by atoms with Crippen LogP contribution in [0.5, 0.6) is 0 Å². The maximum Gasteiger partial charge on any atom is 0.286 e. The molecule has 0 atom stereocenters. The highest BCUT2D eigenvalue weighted by Crippen LogP contribution is 2.31.